The third-order valence-electron chi connectivity index (χ3n) is 3.81. The highest BCUT2D eigenvalue weighted by molar-refractivity contribution is 9.11. The van der Waals surface area contributed by atoms with Crippen LogP contribution >= 0.6 is 27.3 Å². The Morgan fingerprint density at radius 2 is 1.88 bits per heavy atom. The van der Waals surface area contributed by atoms with Crippen molar-refractivity contribution in [1.29, 1.82) is 0 Å². The lowest BCUT2D eigenvalue weighted by atomic mass is 10.2. The second kappa shape index (κ2) is 10.4. The highest BCUT2D eigenvalue weighted by Crippen LogP contribution is 2.23. The van der Waals surface area contributed by atoms with Gasteiger partial charge in [0.05, 0.1) is 3.79 Å². The summed E-state index contributed by atoms with van der Waals surface area (Å²) in [6, 6.07) is 14.0. The summed E-state index contributed by atoms with van der Waals surface area (Å²) < 4.78 is 1.12. The molecule has 0 saturated heterocycles. The monoisotopic (exact) mass is 422 g/mol. The topological polar surface area (TPSA) is 49.4 Å². The first-order chi connectivity index (χ1) is 12.0. The molecule has 0 fully saturated rings. The highest BCUT2D eigenvalue weighted by Gasteiger charge is 2.10. The van der Waals surface area contributed by atoms with Gasteiger partial charge >= 0.3 is 0 Å². The summed E-state index contributed by atoms with van der Waals surface area (Å²) in [5.74, 6) is 0.0433. The number of hydrogen-bond acceptors (Lipinski definition) is 3. The van der Waals surface area contributed by atoms with Crippen molar-refractivity contribution in [2.24, 2.45) is 0 Å². The highest BCUT2D eigenvalue weighted by atomic mass is 79.9. The second-order valence-corrected chi connectivity index (χ2v) is 8.44. The molecule has 134 valence electrons. The Labute approximate surface area is 161 Å². The Kier molecular flexibility index (Phi) is 8.15. The van der Waals surface area contributed by atoms with E-state index in [2.05, 4.69) is 27.3 Å². The average Bonchev–Trinajstić information content (AvgIpc) is 3.01. The number of rotatable bonds is 9. The van der Waals surface area contributed by atoms with Crippen molar-refractivity contribution in [3.05, 3.63) is 56.7 Å². The predicted octanol–water partition coefficient (Wildman–Crippen LogP) is 4.00. The molecule has 2 amide bonds. The van der Waals surface area contributed by atoms with Gasteiger partial charge in [-0.1, -0.05) is 30.3 Å². The van der Waals surface area contributed by atoms with Crippen molar-refractivity contribution in [3.63, 3.8) is 0 Å². The fraction of sp³-hybridized carbons (Fsp3) is 0.368. The summed E-state index contributed by atoms with van der Waals surface area (Å²) >= 11 is 5.14. The molecule has 0 aliphatic rings. The van der Waals surface area contributed by atoms with Crippen LogP contribution in [0.15, 0.2) is 46.3 Å². The van der Waals surface area contributed by atoms with Crippen LogP contribution in [0.25, 0.3) is 0 Å². The maximum atomic E-state index is 12.1. The minimum Gasteiger partial charge on any atom is -0.356 e. The largest absolute Gasteiger partial charge is 0.356 e. The second-order valence-electron chi connectivity index (χ2n) is 5.89. The number of carbonyl (C=O) groups excluding carboxylic acids is 2. The third kappa shape index (κ3) is 7.40. The molecule has 0 aliphatic carbocycles. The molecule has 0 spiro atoms. The van der Waals surface area contributed by atoms with E-state index in [9.17, 15) is 9.59 Å². The molecule has 2 rings (SSSR count). The van der Waals surface area contributed by atoms with E-state index < -0.39 is 0 Å². The number of hydrogen-bond donors (Lipinski definition) is 1. The quantitative estimate of drug-likeness (QED) is 0.663. The van der Waals surface area contributed by atoms with E-state index in [1.807, 2.05) is 36.4 Å². The summed E-state index contributed by atoms with van der Waals surface area (Å²) in [4.78, 5) is 26.9. The Morgan fingerprint density at radius 1 is 1.12 bits per heavy atom. The lowest BCUT2D eigenvalue weighted by Gasteiger charge is -2.17. The van der Waals surface area contributed by atoms with Gasteiger partial charge in [0.1, 0.15) is 0 Å². The van der Waals surface area contributed by atoms with Gasteiger partial charge in [0.25, 0.3) is 0 Å². The minimum atomic E-state index is 0.00846. The first-order valence-electron chi connectivity index (χ1n) is 8.33. The van der Waals surface area contributed by atoms with Crippen LogP contribution in [0, 0.1) is 0 Å². The van der Waals surface area contributed by atoms with Gasteiger partial charge in [0, 0.05) is 37.9 Å². The van der Waals surface area contributed by atoms with E-state index in [1.54, 1.807) is 23.3 Å². The van der Waals surface area contributed by atoms with Crippen LogP contribution < -0.4 is 5.32 Å². The number of amides is 2. The van der Waals surface area contributed by atoms with Crippen LogP contribution in [0.5, 0.6) is 0 Å². The van der Waals surface area contributed by atoms with Crippen molar-refractivity contribution < 1.29 is 9.59 Å². The molecule has 1 heterocycles. The van der Waals surface area contributed by atoms with Crippen LogP contribution in [0.3, 0.4) is 0 Å². The maximum Gasteiger partial charge on any atom is 0.224 e. The summed E-state index contributed by atoms with van der Waals surface area (Å²) in [6.45, 7) is 0.978. The summed E-state index contributed by atoms with van der Waals surface area (Å²) in [5.41, 5.74) is 1.10. The normalized spacial score (nSPS) is 10.5. The van der Waals surface area contributed by atoms with Crippen molar-refractivity contribution in [3.8, 4) is 0 Å². The fourth-order valence-corrected chi connectivity index (χ4v) is 3.97. The molecule has 1 N–H and O–H groups in total. The average molecular weight is 423 g/mol. The first-order valence-corrected chi connectivity index (χ1v) is 9.94. The Balaban J connectivity index is 1.59. The Morgan fingerprint density at radius 3 is 2.56 bits per heavy atom. The SMILES string of the molecule is CN(Cc1ccccc1)C(=O)CCNC(=O)CCCc1ccc(Br)s1. The first kappa shape index (κ1) is 19.7. The Hall–Kier alpha value is -1.66. The van der Waals surface area contributed by atoms with Gasteiger partial charge in [-0.25, -0.2) is 0 Å². The molecule has 0 aliphatic heterocycles. The van der Waals surface area contributed by atoms with E-state index >= 15 is 0 Å². The van der Waals surface area contributed by atoms with Crippen molar-refractivity contribution in [2.45, 2.75) is 32.2 Å². The fourth-order valence-electron chi connectivity index (χ4n) is 2.44. The van der Waals surface area contributed by atoms with Crippen molar-refractivity contribution in [2.75, 3.05) is 13.6 Å². The van der Waals surface area contributed by atoms with Gasteiger partial charge in [-0.05, 0) is 46.5 Å². The number of aryl methyl sites for hydroxylation is 1. The number of thiophene rings is 1. The molecule has 6 heteroatoms. The summed E-state index contributed by atoms with van der Waals surface area (Å²) in [5, 5.41) is 2.83. The molecule has 2 aromatic rings. The lowest BCUT2D eigenvalue weighted by Crippen LogP contribution is -2.31. The van der Waals surface area contributed by atoms with Crippen LogP contribution in [0.4, 0.5) is 0 Å². The smallest absolute Gasteiger partial charge is 0.224 e. The van der Waals surface area contributed by atoms with Gasteiger partial charge in [-0.3, -0.25) is 9.59 Å². The standard InChI is InChI=1S/C19H23BrN2O2S/c1-22(14-15-6-3-2-4-7-15)19(24)12-13-21-18(23)9-5-8-16-10-11-17(20)25-16/h2-4,6-7,10-11H,5,8-9,12-14H2,1H3,(H,21,23). The van der Waals surface area contributed by atoms with Gasteiger partial charge in [-0.15, -0.1) is 11.3 Å². The van der Waals surface area contributed by atoms with E-state index in [0.29, 0.717) is 25.9 Å². The summed E-state index contributed by atoms with van der Waals surface area (Å²) in [7, 11) is 1.79. The molecule has 0 radical (unpaired) electrons. The van der Waals surface area contributed by atoms with E-state index in [1.165, 1.54) is 4.88 Å². The predicted molar refractivity (Wildman–Crippen MR) is 105 cm³/mol. The third-order valence-corrected chi connectivity index (χ3v) is 5.49. The van der Waals surface area contributed by atoms with Crippen LogP contribution in [0.2, 0.25) is 0 Å². The molecule has 1 aromatic heterocycles. The number of carbonyl (C=O) groups is 2. The number of benzene rings is 1. The zero-order chi connectivity index (χ0) is 18.1. The van der Waals surface area contributed by atoms with Crippen LogP contribution in [0.1, 0.15) is 29.7 Å². The molecule has 1 aromatic carbocycles. The molecule has 25 heavy (non-hydrogen) atoms. The molecule has 0 atom stereocenters. The molecular weight excluding hydrogens is 400 g/mol. The number of halogens is 1. The van der Waals surface area contributed by atoms with Gasteiger partial charge < -0.3 is 10.2 Å². The Bertz CT molecular complexity index is 688. The lowest BCUT2D eigenvalue weighted by molar-refractivity contribution is -0.130. The molecule has 0 unspecified atom stereocenters. The number of nitrogens with one attached hydrogen (secondary N) is 1. The maximum absolute atomic E-state index is 12.1. The molecular formula is C19H23BrN2O2S. The van der Waals surface area contributed by atoms with Crippen LogP contribution in [-0.2, 0) is 22.6 Å². The van der Waals surface area contributed by atoms with Crippen LogP contribution in [-0.4, -0.2) is 30.3 Å². The zero-order valence-electron chi connectivity index (χ0n) is 14.3. The molecule has 0 saturated carbocycles. The summed E-state index contributed by atoms with van der Waals surface area (Å²) in [6.07, 6.45) is 2.54. The van der Waals surface area contributed by atoms with E-state index in [4.69, 9.17) is 0 Å². The van der Waals surface area contributed by atoms with Gasteiger partial charge in [-0.2, -0.15) is 0 Å². The minimum absolute atomic E-state index is 0.00846. The van der Waals surface area contributed by atoms with Crippen molar-refractivity contribution in [1.82, 2.24) is 10.2 Å². The number of nitrogens with zero attached hydrogens (tertiary/aromatic N) is 1. The van der Waals surface area contributed by atoms with Gasteiger partial charge in [0.2, 0.25) is 11.8 Å². The van der Waals surface area contributed by atoms with Gasteiger partial charge in [0.15, 0.2) is 0 Å². The van der Waals surface area contributed by atoms with E-state index in [-0.39, 0.29) is 11.8 Å². The van der Waals surface area contributed by atoms with Crippen molar-refractivity contribution >= 4 is 39.1 Å². The zero-order valence-corrected chi connectivity index (χ0v) is 16.7. The molecule has 0 bridgehead atoms. The molecule has 4 nitrogen and oxygen atoms in total. The van der Waals surface area contributed by atoms with E-state index in [0.717, 1.165) is 22.2 Å².